The molecule has 1 aromatic carbocycles. The summed E-state index contributed by atoms with van der Waals surface area (Å²) in [7, 11) is 0. The Hall–Kier alpha value is -0.120. The topological polar surface area (TPSA) is 3.24 Å². The van der Waals surface area contributed by atoms with Crippen LogP contribution in [0.2, 0.25) is 0 Å². The first kappa shape index (κ1) is 12.9. The van der Waals surface area contributed by atoms with Gasteiger partial charge < -0.3 is 4.90 Å². The molecule has 0 spiro atoms. The number of benzene rings is 1. The predicted molar refractivity (Wildman–Crippen MR) is 82.8 cm³/mol. The lowest BCUT2D eigenvalue weighted by Gasteiger charge is -2.38. The smallest absolute Gasteiger partial charge is 0.0263 e. The molecule has 3 heteroatoms. The van der Waals surface area contributed by atoms with Crippen LogP contribution < -0.4 is 0 Å². The Morgan fingerprint density at radius 2 is 2.17 bits per heavy atom. The third-order valence-electron chi connectivity index (χ3n) is 3.68. The summed E-state index contributed by atoms with van der Waals surface area (Å²) in [6.45, 7) is 8.51. The zero-order valence-corrected chi connectivity index (χ0v) is 12.8. The molecule has 2 aliphatic rings. The molecular formula is C15H21NS2. The minimum atomic E-state index is 0.439. The van der Waals surface area contributed by atoms with Gasteiger partial charge >= 0.3 is 0 Å². The molecule has 1 fully saturated rings. The van der Waals surface area contributed by atoms with Crippen LogP contribution >= 0.6 is 23.5 Å². The first-order chi connectivity index (χ1) is 8.62. The van der Waals surface area contributed by atoms with Gasteiger partial charge in [0.1, 0.15) is 0 Å². The quantitative estimate of drug-likeness (QED) is 0.815. The fourth-order valence-corrected chi connectivity index (χ4v) is 5.46. The first-order valence-electron chi connectivity index (χ1n) is 6.73. The molecule has 1 nitrogen and oxygen atoms in total. The van der Waals surface area contributed by atoms with Crippen LogP contribution in [0.1, 0.15) is 19.4 Å². The van der Waals surface area contributed by atoms with Crippen molar-refractivity contribution in [2.24, 2.45) is 0 Å². The second kappa shape index (κ2) is 5.10. The van der Waals surface area contributed by atoms with Crippen LogP contribution in [0.3, 0.4) is 0 Å². The largest absolute Gasteiger partial charge is 0.300 e. The van der Waals surface area contributed by atoms with Gasteiger partial charge in [0.2, 0.25) is 0 Å². The van der Waals surface area contributed by atoms with Crippen LogP contribution in [0.5, 0.6) is 0 Å². The maximum Gasteiger partial charge on any atom is 0.0263 e. The lowest BCUT2D eigenvalue weighted by atomic mass is 10.1. The van der Waals surface area contributed by atoms with Gasteiger partial charge in [-0.3, -0.25) is 0 Å². The van der Waals surface area contributed by atoms with E-state index in [2.05, 4.69) is 66.5 Å². The first-order valence-corrected chi connectivity index (χ1v) is 8.60. The van der Waals surface area contributed by atoms with Crippen LogP contribution in [0.25, 0.3) is 0 Å². The number of fused-ring (bicyclic) bond motifs is 1. The summed E-state index contributed by atoms with van der Waals surface area (Å²) in [5.74, 6) is 1.29. The summed E-state index contributed by atoms with van der Waals surface area (Å²) < 4.78 is 0.439. The van der Waals surface area contributed by atoms with Crippen molar-refractivity contribution in [2.75, 3.05) is 25.4 Å². The Kier molecular flexibility index (Phi) is 3.65. The zero-order chi connectivity index (χ0) is 12.6. The van der Waals surface area contributed by atoms with E-state index in [0.717, 1.165) is 5.25 Å². The highest BCUT2D eigenvalue weighted by molar-refractivity contribution is 8.00. The predicted octanol–water partition coefficient (Wildman–Crippen LogP) is 3.53. The van der Waals surface area contributed by atoms with E-state index >= 15 is 0 Å². The maximum atomic E-state index is 2.67. The number of hydrogen-bond donors (Lipinski definition) is 0. The molecule has 0 aromatic heterocycles. The fraction of sp³-hybridized carbons (Fsp3) is 0.600. The van der Waals surface area contributed by atoms with Gasteiger partial charge in [0.25, 0.3) is 0 Å². The average molecular weight is 279 g/mol. The summed E-state index contributed by atoms with van der Waals surface area (Å²) >= 11 is 4.20. The van der Waals surface area contributed by atoms with Crippen molar-refractivity contribution in [2.45, 2.75) is 35.2 Å². The molecule has 3 rings (SSSR count). The van der Waals surface area contributed by atoms with E-state index < -0.39 is 0 Å². The number of thioether (sulfide) groups is 2. The molecule has 98 valence electrons. The molecule has 0 aliphatic carbocycles. The highest BCUT2D eigenvalue weighted by Gasteiger charge is 2.30. The van der Waals surface area contributed by atoms with E-state index in [4.69, 9.17) is 0 Å². The Labute approximate surface area is 119 Å². The van der Waals surface area contributed by atoms with E-state index in [1.54, 1.807) is 5.56 Å². The Bertz CT molecular complexity index is 405. The Morgan fingerprint density at radius 1 is 1.33 bits per heavy atom. The molecular weight excluding hydrogens is 258 g/mol. The van der Waals surface area contributed by atoms with Crippen molar-refractivity contribution < 1.29 is 0 Å². The summed E-state index contributed by atoms with van der Waals surface area (Å²) in [5.41, 5.74) is 1.55. The zero-order valence-electron chi connectivity index (χ0n) is 11.2. The van der Waals surface area contributed by atoms with Crippen LogP contribution in [0.4, 0.5) is 0 Å². The van der Waals surface area contributed by atoms with Gasteiger partial charge in [-0.25, -0.2) is 0 Å². The monoisotopic (exact) mass is 279 g/mol. The van der Waals surface area contributed by atoms with Crippen LogP contribution in [0.15, 0.2) is 29.2 Å². The molecule has 1 unspecified atom stereocenters. The number of rotatable bonds is 2. The van der Waals surface area contributed by atoms with Crippen molar-refractivity contribution in [3.8, 4) is 0 Å². The molecule has 18 heavy (non-hydrogen) atoms. The van der Waals surface area contributed by atoms with Crippen LogP contribution in [0, 0.1) is 0 Å². The lowest BCUT2D eigenvalue weighted by Crippen LogP contribution is -2.45. The van der Waals surface area contributed by atoms with Crippen molar-refractivity contribution in [1.82, 2.24) is 4.90 Å². The van der Waals surface area contributed by atoms with Gasteiger partial charge in [0, 0.05) is 40.3 Å². The van der Waals surface area contributed by atoms with Crippen LogP contribution in [-0.2, 0) is 6.42 Å². The third kappa shape index (κ3) is 2.89. The summed E-state index contributed by atoms with van der Waals surface area (Å²) in [4.78, 5) is 4.17. The van der Waals surface area contributed by atoms with E-state index in [0.29, 0.717) is 4.75 Å². The maximum absolute atomic E-state index is 2.67. The van der Waals surface area contributed by atoms with Crippen molar-refractivity contribution >= 4 is 23.5 Å². The lowest BCUT2D eigenvalue weighted by molar-refractivity contribution is 0.261. The average Bonchev–Trinajstić information content (AvgIpc) is 2.69. The minimum absolute atomic E-state index is 0.439. The molecule has 1 aromatic rings. The molecule has 0 radical (unpaired) electrons. The Balaban J connectivity index is 1.59. The highest BCUT2D eigenvalue weighted by Crippen LogP contribution is 2.38. The fourth-order valence-electron chi connectivity index (χ4n) is 2.91. The van der Waals surface area contributed by atoms with Gasteiger partial charge in [-0.05, 0) is 31.9 Å². The second-order valence-electron chi connectivity index (χ2n) is 5.89. The van der Waals surface area contributed by atoms with Gasteiger partial charge in [-0.2, -0.15) is 11.8 Å². The van der Waals surface area contributed by atoms with Gasteiger partial charge in [-0.15, -0.1) is 11.8 Å². The summed E-state index contributed by atoms with van der Waals surface area (Å²) in [6, 6.07) is 8.89. The molecule has 1 atom stereocenters. The van der Waals surface area contributed by atoms with E-state index in [1.165, 1.54) is 36.7 Å². The molecule has 0 saturated carbocycles. The minimum Gasteiger partial charge on any atom is -0.300 e. The van der Waals surface area contributed by atoms with E-state index in [1.807, 2.05) is 0 Å². The molecule has 0 N–H and O–H groups in total. The molecule has 0 amide bonds. The molecule has 2 heterocycles. The standard InChI is InChI=1S/C15H21NS2/c1-15(2)11-16(7-8-17-15)10-13-9-12-5-3-4-6-14(12)18-13/h3-6,13H,7-11H2,1-2H3. The highest BCUT2D eigenvalue weighted by atomic mass is 32.2. The third-order valence-corrected chi connectivity index (χ3v) is 6.28. The summed E-state index contributed by atoms with van der Waals surface area (Å²) in [5, 5.41) is 0.765. The molecule has 1 saturated heterocycles. The van der Waals surface area contributed by atoms with E-state index in [-0.39, 0.29) is 0 Å². The number of hydrogen-bond acceptors (Lipinski definition) is 3. The van der Waals surface area contributed by atoms with Gasteiger partial charge in [-0.1, -0.05) is 18.2 Å². The van der Waals surface area contributed by atoms with Gasteiger partial charge in [0.05, 0.1) is 0 Å². The second-order valence-corrected chi connectivity index (χ2v) is 9.04. The number of nitrogens with zero attached hydrogens (tertiary/aromatic N) is 1. The van der Waals surface area contributed by atoms with Crippen molar-refractivity contribution in [3.05, 3.63) is 29.8 Å². The van der Waals surface area contributed by atoms with Crippen LogP contribution in [-0.4, -0.2) is 40.3 Å². The molecule has 0 bridgehead atoms. The van der Waals surface area contributed by atoms with Gasteiger partial charge in [0.15, 0.2) is 0 Å². The SMILES string of the molecule is CC1(C)CN(CC2Cc3ccccc3S2)CCS1. The Morgan fingerprint density at radius 3 is 2.94 bits per heavy atom. The van der Waals surface area contributed by atoms with Crippen molar-refractivity contribution in [3.63, 3.8) is 0 Å². The normalized spacial score (nSPS) is 27.1. The summed E-state index contributed by atoms with van der Waals surface area (Å²) in [6.07, 6.45) is 1.25. The van der Waals surface area contributed by atoms with E-state index in [9.17, 15) is 0 Å². The molecule has 2 aliphatic heterocycles. The van der Waals surface area contributed by atoms with Crippen molar-refractivity contribution in [1.29, 1.82) is 0 Å².